The molecule has 1 N–H and O–H groups in total. The highest BCUT2D eigenvalue weighted by molar-refractivity contribution is 5.85. The summed E-state index contributed by atoms with van der Waals surface area (Å²) < 4.78 is 15.6. The van der Waals surface area contributed by atoms with E-state index in [0.29, 0.717) is 12.3 Å². The van der Waals surface area contributed by atoms with E-state index in [2.05, 4.69) is 12.1 Å². The quantitative estimate of drug-likeness (QED) is 0.910. The van der Waals surface area contributed by atoms with Gasteiger partial charge in [-0.15, -0.1) is 0 Å². The molecule has 1 saturated heterocycles. The first kappa shape index (κ1) is 13.6. The molecular formula is C15H15NO5. The van der Waals surface area contributed by atoms with Crippen LogP contribution in [0.3, 0.4) is 0 Å². The number of nitrogens with zero attached hydrogens (tertiary/aromatic N) is 1. The summed E-state index contributed by atoms with van der Waals surface area (Å²) in [7, 11) is 0. The minimum absolute atomic E-state index is 0.0984. The van der Waals surface area contributed by atoms with Crippen molar-refractivity contribution in [2.24, 2.45) is 5.41 Å². The van der Waals surface area contributed by atoms with E-state index in [4.69, 9.17) is 19.1 Å². The smallest absolute Gasteiger partial charge is 0.374 e. The van der Waals surface area contributed by atoms with Gasteiger partial charge in [0.05, 0.1) is 19.8 Å². The lowest BCUT2D eigenvalue weighted by Crippen LogP contribution is -2.44. The number of hydrogen-bond acceptors (Lipinski definition) is 5. The SMILES string of the molecule is CC1(COc2ccc(-c3cc(C(=O)O)on3)cc2)COC1. The zero-order valence-electron chi connectivity index (χ0n) is 11.5. The molecule has 0 unspecified atom stereocenters. The number of aromatic nitrogens is 1. The predicted octanol–water partition coefficient (Wildman–Crippen LogP) is 2.46. The molecule has 2 aromatic rings. The van der Waals surface area contributed by atoms with Crippen molar-refractivity contribution < 1.29 is 23.9 Å². The summed E-state index contributed by atoms with van der Waals surface area (Å²) in [5.74, 6) is -0.554. The van der Waals surface area contributed by atoms with E-state index in [9.17, 15) is 4.79 Å². The fourth-order valence-corrected chi connectivity index (χ4v) is 2.03. The van der Waals surface area contributed by atoms with Crippen molar-refractivity contribution in [1.82, 2.24) is 5.16 Å². The van der Waals surface area contributed by atoms with Gasteiger partial charge >= 0.3 is 5.97 Å². The Hall–Kier alpha value is -2.34. The number of rotatable bonds is 5. The van der Waals surface area contributed by atoms with Crippen LogP contribution in [0, 0.1) is 5.41 Å². The van der Waals surface area contributed by atoms with Crippen molar-refractivity contribution >= 4 is 5.97 Å². The fourth-order valence-electron chi connectivity index (χ4n) is 2.03. The van der Waals surface area contributed by atoms with Gasteiger partial charge in [0, 0.05) is 17.0 Å². The Labute approximate surface area is 121 Å². The monoisotopic (exact) mass is 289 g/mol. The van der Waals surface area contributed by atoms with Crippen molar-refractivity contribution in [2.75, 3.05) is 19.8 Å². The summed E-state index contributed by atoms with van der Waals surface area (Å²) in [6.45, 7) is 4.18. The second-order valence-electron chi connectivity index (χ2n) is 5.50. The van der Waals surface area contributed by atoms with Crippen LogP contribution in [0.15, 0.2) is 34.9 Å². The Morgan fingerprint density at radius 3 is 2.62 bits per heavy atom. The number of carboxylic acids is 1. The molecule has 6 heteroatoms. The molecule has 0 amide bonds. The number of ether oxygens (including phenoxy) is 2. The summed E-state index contributed by atoms with van der Waals surface area (Å²) in [5, 5.41) is 12.5. The highest BCUT2D eigenvalue weighted by atomic mass is 16.5. The lowest BCUT2D eigenvalue weighted by Gasteiger charge is -2.37. The van der Waals surface area contributed by atoms with Crippen LogP contribution < -0.4 is 4.74 Å². The van der Waals surface area contributed by atoms with Crippen molar-refractivity contribution in [3.05, 3.63) is 36.1 Å². The van der Waals surface area contributed by atoms with Crippen LogP contribution in [0.5, 0.6) is 5.75 Å². The number of carboxylic acid groups (broad SMARTS) is 1. The lowest BCUT2D eigenvalue weighted by atomic mass is 9.90. The van der Waals surface area contributed by atoms with Crippen molar-refractivity contribution in [1.29, 1.82) is 0 Å². The van der Waals surface area contributed by atoms with Crippen molar-refractivity contribution in [2.45, 2.75) is 6.92 Å². The van der Waals surface area contributed by atoms with Crippen LogP contribution in [-0.2, 0) is 4.74 Å². The molecule has 0 aliphatic carbocycles. The molecule has 0 spiro atoms. The maximum Gasteiger partial charge on any atom is 0.374 e. The third-order valence-electron chi connectivity index (χ3n) is 3.36. The second kappa shape index (κ2) is 5.21. The van der Waals surface area contributed by atoms with Gasteiger partial charge in [-0.25, -0.2) is 4.79 Å². The third-order valence-corrected chi connectivity index (χ3v) is 3.36. The van der Waals surface area contributed by atoms with Gasteiger partial charge in [0.25, 0.3) is 0 Å². The van der Waals surface area contributed by atoms with Gasteiger partial charge in [0.2, 0.25) is 5.76 Å². The maximum atomic E-state index is 10.7. The van der Waals surface area contributed by atoms with Gasteiger partial charge in [-0.3, -0.25) is 0 Å². The number of benzene rings is 1. The molecular weight excluding hydrogens is 274 g/mol. The van der Waals surface area contributed by atoms with Gasteiger partial charge in [-0.1, -0.05) is 12.1 Å². The van der Waals surface area contributed by atoms with E-state index in [0.717, 1.165) is 24.5 Å². The Balaban J connectivity index is 1.66. The Kier molecular flexibility index (Phi) is 3.39. The minimum Gasteiger partial charge on any atom is -0.493 e. The first-order chi connectivity index (χ1) is 10.1. The van der Waals surface area contributed by atoms with Crippen LogP contribution >= 0.6 is 0 Å². The van der Waals surface area contributed by atoms with Crippen molar-refractivity contribution in [3.8, 4) is 17.0 Å². The molecule has 2 heterocycles. The summed E-state index contributed by atoms with van der Waals surface area (Å²) in [6, 6.07) is 8.68. The van der Waals surface area contributed by atoms with E-state index in [1.807, 2.05) is 24.3 Å². The number of aromatic carboxylic acids is 1. The predicted molar refractivity (Wildman–Crippen MR) is 73.3 cm³/mol. The molecule has 1 aliphatic heterocycles. The molecule has 6 nitrogen and oxygen atoms in total. The molecule has 0 radical (unpaired) electrons. The average Bonchev–Trinajstić information content (AvgIpc) is 2.93. The molecule has 3 rings (SSSR count). The van der Waals surface area contributed by atoms with Gasteiger partial charge in [0.1, 0.15) is 11.4 Å². The minimum atomic E-state index is -1.13. The lowest BCUT2D eigenvalue weighted by molar-refractivity contribution is -0.120. The first-order valence-electron chi connectivity index (χ1n) is 6.57. The zero-order chi connectivity index (χ0) is 14.9. The van der Waals surface area contributed by atoms with Crippen LogP contribution in [0.25, 0.3) is 11.3 Å². The van der Waals surface area contributed by atoms with E-state index in [1.54, 1.807) is 0 Å². The molecule has 1 fully saturated rings. The van der Waals surface area contributed by atoms with Gasteiger partial charge in [-0.05, 0) is 24.3 Å². The molecule has 1 aromatic carbocycles. The summed E-state index contributed by atoms with van der Waals surface area (Å²) in [5.41, 5.74) is 1.36. The van der Waals surface area contributed by atoms with Gasteiger partial charge in [-0.2, -0.15) is 0 Å². The molecule has 110 valence electrons. The van der Waals surface area contributed by atoms with E-state index < -0.39 is 5.97 Å². The number of hydrogen-bond donors (Lipinski definition) is 1. The van der Waals surface area contributed by atoms with E-state index in [1.165, 1.54) is 6.07 Å². The zero-order valence-corrected chi connectivity index (χ0v) is 11.5. The van der Waals surface area contributed by atoms with Crippen LogP contribution in [0.4, 0.5) is 0 Å². The second-order valence-corrected chi connectivity index (χ2v) is 5.50. The highest BCUT2D eigenvalue weighted by Gasteiger charge is 2.34. The molecule has 1 aromatic heterocycles. The average molecular weight is 289 g/mol. The molecule has 21 heavy (non-hydrogen) atoms. The van der Waals surface area contributed by atoms with Crippen LogP contribution in [0.2, 0.25) is 0 Å². The van der Waals surface area contributed by atoms with Gasteiger partial charge < -0.3 is 19.1 Å². The fraction of sp³-hybridized carbons (Fsp3) is 0.333. The Bertz CT molecular complexity index is 642. The molecule has 0 saturated carbocycles. The maximum absolute atomic E-state index is 10.7. The summed E-state index contributed by atoms with van der Waals surface area (Å²) in [6.07, 6.45) is 0. The topological polar surface area (TPSA) is 81.8 Å². The van der Waals surface area contributed by atoms with E-state index in [-0.39, 0.29) is 11.2 Å². The summed E-state index contributed by atoms with van der Waals surface area (Å²) >= 11 is 0. The first-order valence-corrected chi connectivity index (χ1v) is 6.57. The molecule has 0 atom stereocenters. The number of carbonyl (C=O) groups is 1. The van der Waals surface area contributed by atoms with Gasteiger partial charge in [0.15, 0.2) is 0 Å². The van der Waals surface area contributed by atoms with Crippen molar-refractivity contribution in [3.63, 3.8) is 0 Å². The highest BCUT2D eigenvalue weighted by Crippen LogP contribution is 2.28. The molecule has 1 aliphatic rings. The Morgan fingerprint density at radius 1 is 1.38 bits per heavy atom. The third kappa shape index (κ3) is 2.90. The summed E-state index contributed by atoms with van der Waals surface area (Å²) in [4.78, 5) is 10.7. The largest absolute Gasteiger partial charge is 0.493 e. The Morgan fingerprint density at radius 2 is 2.10 bits per heavy atom. The molecule has 0 bridgehead atoms. The standard InChI is InChI=1S/C15H15NO5/c1-15(7-19-8-15)9-20-11-4-2-10(3-5-11)12-6-13(14(17)18)21-16-12/h2-6H,7-9H2,1H3,(H,17,18). The normalized spacial score (nSPS) is 16.2. The van der Waals surface area contributed by atoms with E-state index >= 15 is 0 Å². The van der Waals surface area contributed by atoms with Crippen LogP contribution in [0.1, 0.15) is 17.5 Å². The van der Waals surface area contributed by atoms with Crippen LogP contribution in [-0.4, -0.2) is 36.1 Å².